The van der Waals surface area contributed by atoms with Gasteiger partial charge in [0.1, 0.15) is 6.61 Å². The number of methoxy groups -OCH3 is 1. The number of ether oxygens (including phenoxy) is 2. The van der Waals surface area contributed by atoms with Gasteiger partial charge in [-0.05, 0) is 49.1 Å². The van der Waals surface area contributed by atoms with Crippen molar-refractivity contribution in [3.8, 4) is 11.5 Å². The van der Waals surface area contributed by atoms with Crippen LogP contribution >= 0.6 is 0 Å². The number of rotatable bonds is 6. The average Bonchev–Trinajstić information content (AvgIpc) is 2.59. The molecule has 1 fully saturated rings. The van der Waals surface area contributed by atoms with Crippen molar-refractivity contribution in [1.82, 2.24) is 9.80 Å². The molecule has 0 aromatic heterocycles. The topological polar surface area (TPSA) is 24.9 Å². The van der Waals surface area contributed by atoms with Crippen LogP contribution in [0.3, 0.4) is 0 Å². The third kappa shape index (κ3) is 3.85. The molecule has 1 saturated heterocycles. The van der Waals surface area contributed by atoms with E-state index < -0.39 is 0 Å². The van der Waals surface area contributed by atoms with E-state index in [0.717, 1.165) is 43.5 Å². The van der Waals surface area contributed by atoms with E-state index >= 15 is 0 Å². The zero-order valence-corrected chi connectivity index (χ0v) is 16.1. The molecule has 1 unspecified atom stereocenters. The summed E-state index contributed by atoms with van der Waals surface area (Å²) in [4.78, 5) is 5.21. The predicted octanol–water partition coefficient (Wildman–Crippen LogP) is 3.52. The van der Waals surface area contributed by atoms with Gasteiger partial charge in [0, 0.05) is 31.7 Å². The fourth-order valence-corrected chi connectivity index (χ4v) is 4.24. The van der Waals surface area contributed by atoms with E-state index in [-0.39, 0.29) is 0 Å². The second-order valence-electron chi connectivity index (χ2n) is 7.79. The van der Waals surface area contributed by atoms with Crippen LogP contribution in [0.1, 0.15) is 37.4 Å². The van der Waals surface area contributed by atoms with Gasteiger partial charge in [-0.25, -0.2) is 0 Å². The molecule has 0 bridgehead atoms. The summed E-state index contributed by atoms with van der Waals surface area (Å²) >= 11 is 0. The summed E-state index contributed by atoms with van der Waals surface area (Å²) in [5.41, 5.74) is 2.81. The van der Waals surface area contributed by atoms with Crippen molar-refractivity contribution in [2.75, 3.05) is 40.4 Å². The number of likely N-dealkylation sites (N-methyl/N-ethyl adjacent to an activating group) is 1. The molecule has 0 amide bonds. The van der Waals surface area contributed by atoms with Crippen molar-refractivity contribution in [2.45, 2.75) is 38.8 Å². The lowest BCUT2D eigenvalue weighted by Gasteiger charge is -2.48. The van der Waals surface area contributed by atoms with Gasteiger partial charge in [-0.1, -0.05) is 26.5 Å². The second-order valence-corrected chi connectivity index (χ2v) is 7.79. The molecule has 0 saturated carbocycles. The highest BCUT2D eigenvalue weighted by Crippen LogP contribution is 2.40. The van der Waals surface area contributed by atoms with Gasteiger partial charge >= 0.3 is 0 Å². The molecule has 1 aromatic carbocycles. The predicted molar refractivity (Wildman–Crippen MR) is 103 cm³/mol. The molecule has 2 aliphatic rings. The Hall–Kier alpha value is -1.52. The first-order valence-corrected chi connectivity index (χ1v) is 9.42. The van der Waals surface area contributed by atoms with Gasteiger partial charge in [-0.2, -0.15) is 0 Å². The summed E-state index contributed by atoms with van der Waals surface area (Å²) < 4.78 is 11.4. The van der Waals surface area contributed by atoms with Crippen LogP contribution in [0.2, 0.25) is 0 Å². The lowest BCUT2D eigenvalue weighted by atomic mass is 9.88. The molecule has 0 aliphatic carbocycles. The third-order valence-electron chi connectivity index (χ3n) is 5.52. The van der Waals surface area contributed by atoms with Crippen molar-refractivity contribution in [3.63, 3.8) is 0 Å². The van der Waals surface area contributed by atoms with Gasteiger partial charge in [-0.3, -0.25) is 4.90 Å². The van der Waals surface area contributed by atoms with E-state index in [4.69, 9.17) is 9.47 Å². The number of benzene rings is 1. The summed E-state index contributed by atoms with van der Waals surface area (Å²) in [6.07, 6.45) is 4.12. The van der Waals surface area contributed by atoms with Crippen LogP contribution in [0, 0.1) is 5.92 Å². The molecule has 0 radical (unpaired) electrons. The van der Waals surface area contributed by atoms with Crippen LogP contribution in [-0.2, 0) is 6.42 Å². The summed E-state index contributed by atoms with van der Waals surface area (Å²) in [6.45, 7) is 12.3. The smallest absolute Gasteiger partial charge is 0.161 e. The molecule has 2 atom stereocenters. The van der Waals surface area contributed by atoms with Gasteiger partial charge in [0.05, 0.1) is 7.11 Å². The zero-order valence-electron chi connectivity index (χ0n) is 16.1. The zero-order chi connectivity index (χ0) is 18.0. The van der Waals surface area contributed by atoms with Crippen LogP contribution in [0.5, 0.6) is 11.5 Å². The molecule has 0 spiro atoms. The molecule has 25 heavy (non-hydrogen) atoms. The lowest BCUT2D eigenvalue weighted by molar-refractivity contribution is 0.0294. The van der Waals surface area contributed by atoms with E-state index in [2.05, 4.69) is 49.4 Å². The third-order valence-corrected chi connectivity index (χ3v) is 5.52. The fraction of sp³-hybridized carbons (Fsp3) is 0.619. The Morgan fingerprint density at radius 3 is 2.76 bits per heavy atom. The Kier molecular flexibility index (Phi) is 5.70. The van der Waals surface area contributed by atoms with Crippen molar-refractivity contribution in [1.29, 1.82) is 0 Å². The molecule has 0 N–H and O–H groups in total. The van der Waals surface area contributed by atoms with E-state index in [0.29, 0.717) is 18.7 Å². The normalized spacial score (nSPS) is 23.9. The first-order valence-electron chi connectivity index (χ1n) is 9.42. The van der Waals surface area contributed by atoms with Gasteiger partial charge in [-0.15, -0.1) is 0 Å². The maximum absolute atomic E-state index is 5.79. The molecule has 2 heterocycles. The Bertz CT molecular complexity index is 614. The molecule has 138 valence electrons. The molecule has 1 aromatic rings. The Labute approximate surface area is 152 Å². The monoisotopic (exact) mass is 344 g/mol. The number of piperazine rings is 1. The maximum Gasteiger partial charge on any atom is 0.161 e. The Morgan fingerprint density at radius 1 is 1.28 bits per heavy atom. The average molecular weight is 344 g/mol. The van der Waals surface area contributed by atoms with Crippen LogP contribution in [0.25, 0.3) is 0 Å². The Balaban J connectivity index is 1.85. The minimum atomic E-state index is 0.458. The molecule has 3 rings (SSSR count). The first kappa shape index (κ1) is 18.3. The van der Waals surface area contributed by atoms with E-state index in [1.54, 1.807) is 13.2 Å². The van der Waals surface area contributed by atoms with Gasteiger partial charge < -0.3 is 14.4 Å². The summed E-state index contributed by atoms with van der Waals surface area (Å²) in [6, 6.07) is 5.49. The van der Waals surface area contributed by atoms with Crippen LogP contribution in [0.4, 0.5) is 0 Å². The molecular formula is C21H32N2O2. The standard InChI is InChI=1S/C21H32N2O2/c1-6-9-25-21-11-16-7-8-23-13-17(10-15(2)3)22(4)14-19(23)18(16)12-20(21)24-5/h6,11-12,15,17,19H,1,7-10,13-14H2,2-5H3/t17-,19?/m1/s1. The minimum Gasteiger partial charge on any atom is -0.493 e. The van der Waals surface area contributed by atoms with Gasteiger partial charge in [0.25, 0.3) is 0 Å². The first-order chi connectivity index (χ1) is 12.0. The van der Waals surface area contributed by atoms with Gasteiger partial charge in [0.15, 0.2) is 11.5 Å². The van der Waals surface area contributed by atoms with Crippen LogP contribution in [-0.4, -0.2) is 56.2 Å². The number of hydrogen-bond acceptors (Lipinski definition) is 4. The van der Waals surface area contributed by atoms with E-state index in [1.807, 2.05) is 0 Å². The van der Waals surface area contributed by atoms with E-state index in [9.17, 15) is 0 Å². The van der Waals surface area contributed by atoms with Crippen LogP contribution < -0.4 is 9.47 Å². The summed E-state index contributed by atoms with van der Waals surface area (Å²) in [5.74, 6) is 2.40. The Morgan fingerprint density at radius 2 is 2.08 bits per heavy atom. The second kappa shape index (κ2) is 7.79. The molecule has 4 heteroatoms. The van der Waals surface area contributed by atoms with Crippen LogP contribution in [0.15, 0.2) is 24.8 Å². The van der Waals surface area contributed by atoms with E-state index in [1.165, 1.54) is 17.5 Å². The van der Waals surface area contributed by atoms with Gasteiger partial charge in [0.2, 0.25) is 0 Å². The molecular weight excluding hydrogens is 312 g/mol. The number of fused-ring (bicyclic) bond motifs is 3. The van der Waals surface area contributed by atoms with Crippen molar-refractivity contribution in [3.05, 3.63) is 35.9 Å². The largest absolute Gasteiger partial charge is 0.493 e. The summed E-state index contributed by atoms with van der Waals surface area (Å²) in [5, 5.41) is 0. The molecule has 2 aliphatic heterocycles. The SMILES string of the molecule is C=CCOc1cc2c(cc1OC)C1CN(C)[C@H](CC(C)C)CN1CC2. The molecule has 4 nitrogen and oxygen atoms in total. The number of hydrogen-bond donors (Lipinski definition) is 0. The number of nitrogens with zero attached hydrogens (tertiary/aromatic N) is 2. The summed E-state index contributed by atoms with van der Waals surface area (Å²) in [7, 11) is 3.99. The van der Waals surface area contributed by atoms with Crippen molar-refractivity contribution >= 4 is 0 Å². The highest BCUT2D eigenvalue weighted by Gasteiger charge is 2.36. The quantitative estimate of drug-likeness (QED) is 0.737. The highest BCUT2D eigenvalue weighted by molar-refractivity contribution is 5.50. The minimum absolute atomic E-state index is 0.458. The van der Waals surface area contributed by atoms with Crippen molar-refractivity contribution in [2.24, 2.45) is 5.92 Å². The van der Waals surface area contributed by atoms with Crippen molar-refractivity contribution < 1.29 is 9.47 Å². The fourth-order valence-electron chi connectivity index (χ4n) is 4.24. The lowest BCUT2D eigenvalue weighted by Crippen LogP contribution is -2.55. The maximum atomic E-state index is 5.79. The highest BCUT2D eigenvalue weighted by atomic mass is 16.5.